The van der Waals surface area contributed by atoms with Gasteiger partial charge in [0.05, 0.1) is 56.3 Å². The van der Waals surface area contributed by atoms with Gasteiger partial charge < -0.3 is 11.1 Å². The molecule has 0 aliphatic carbocycles. The number of hydrogen-bond donors (Lipinski definition) is 2. The lowest BCUT2D eigenvalue weighted by molar-refractivity contribution is 0.577. The van der Waals surface area contributed by atoms with Gasteiger partial charge in [-0.1, -0.05) is 73.5 Å². The molecule has 69 heavy (non-hydrogen) atoms. The molecule has 8 aromatic rings. The number of anilines is 5. The summed E-state index contributed by atoms with van der Waals surface area (Å²) in [7, 11) is -3.66. The van der Waals surface area contributed by atoms with E-state index in [1.54, 1.807) is 70.7 Å². The van der Waals surface area contributed by atoms with Crippen molar-refractivity contribution in [2.75, 3.05) is 32.8 Å². The van der Waals surface area contributed by atoms with Crippen LogP contribution >= 0.6 is 11.6 Å². The summed E-state index contributed by atoms with van der Waals surface area (Å²) in [4.78, 5) is 17.7. The highest BCUT2D eigenvalue weighted by Gasteiger charge is 2.33. The van der Waals surface area contributed by atoms with E-state index in [0.717, 1.165) is 51.9 Å². The van der Waals surface area contributed by atoms with Gasteiger partial charge in [-0.05, 0) is 110 Å². The molecule has 6 heterocycles. The summed E-state index contributed by atoms with van der Waals surface area (Å²) in [5.41, 5.74) is 15.3. The third-order valence-electron chi connectivity index (χ3n) is 12.0. The summed E-state index contributed by atoms with van der Waals surface area (Å²) in [6, 6.07) is 29.3. The zero-order valence-electron chi connectivity index (χ0n) is 39.1. The standard InChI is InChI=1S/C25H26N6O2S.C21H20ClN3O2S.C4H7N3/c1-17-4-7-21(8-5-17)34(32,33)31-13-11-18(2)22-9-6-19(14-24(22)31)23-10-12-26-25(29-23)28-20-15-27-30(3)16-20;1-14-3-6-17(7-4-14)28(26,27)25-12-10-15(2)18-8-5-16(13-20(18)25)19-9-11-23-21(22)24-19;1-7-3-4(5)2-6-7/h4-10,12,14-16,18H,11,13H2,1-3H3,(H,26,28,29);3-9,11,13,15H,10,12H2,1-2H3;2-3H,5H2,1H3. The number of rotatable bonds is 8. The lowest BCUT2D eigenvalue weighted by Crippen LogP contribution is -2.36. The molecular weight excluding hydrogens is 932 g/mol. The zero-order chi connectivity index (χ0) is 49.0. The van der Waals surface area contributed by atoms with Crippen LogP contribution in [0.25, 0.3) is 22.5 Å². The molecule has 16 nitrogen and oxygen atoms in total. The molecule has 356 valence electrons. The second-order valence-corrected chi connectivity index (χ2v) is 21.2. The molecule has 3 N–H and O–H groups in total. The summed E-state index contributed by atoms with van der Waals surface area (Å²) in [6.45, 7) is 9.02. The Bertz CT molecular complexity index is 3310. The molecule has 19 heteroatoms. The highest BCUT2D eigenvalue weighted by atomic mass is 35.5. The third kappa shape index (κ3) is 10.9. The minimum atomic E-state index is -3.68. The van der Waals surface area contributed by atoms with Crippen LogP contribution < -0.4 is 19.7 Å². The van der Waals surface area contributed by atoms with E-state index >= 15 is 0 Å². The summed E-state index contributed by atoms with van der Waals surface area (Å²) in [6.07, 6.45) is 11.7. The maximum absolute atomic E-state index is 13.6. The number of halogens is 1. The number of nitrogen functional groups attached to an aromatic ring is 1. The topological polar surface area (TPSA) is 200 Å². The van der Waals surface area contributed by atoms with E-state index in [-0.39, 0.29) is 17.1 Å². The van der Waals surface area contributed by atoms with Gasteiger partial charge in [-0.2, -0.15) is 10.2 Å². The number of fused-ring (bicyclic) bond motifs is 2. The first kappa shape index (κ1) is 48.3. The second-order valence-electron chi connectivity index (χ2n) is 17.2. The fraction of sp³-hybridized carbons (Fsp3) is 0.240. The second kappa shape index (κ2) is 20.2. The highest BCUT2D eigenvalue weighted by Crippen LogP contribution is 2.42. The number of nitrogens with two attached hydrogens (primary N) is 1. The van der Waals surface area contributed by atoms with E-state index in [1.807, 2.05) is 101 Å². The molecule has 4 aromatic heterocycles. The Balaban J connectivity index is 0.000000165. The summed E-state index contributed by atoms with van der Waals surface area (Å²) in [5.74, 6) is 0.991. The van der Waals surface area contributed by atoms with Gasteiger partial charge in [0.1, 0.15) is 0 Å². The number of hydrogen-bond acceptors (Lipinski definition) is 12. The molecule has 0 saturated heterocycles. The molecule has 2 aliphatic heterocycles. The van der Waals surface area contributed by atoms with E-state index in [2.05, 4.69) is 49.3 Å². The quantitative estimate of drug-likeness (QED) is 0.137. The van der Waals surface area contributed by atoms with Crippen LogP contribution in [0.1, 0.15) is 60.8 Å². The lowest BCUT2D eigenvalue weighted by Gasteiger charge is -2.34. The molecule has 10 rings (SSSR count). The number of benzene rings is 4. The molecule has 4 aromatic carbocycles. The smallest absolute Gasteiger partial charge is 0.264 e. The van der Waals surface area contributed by atoms with Crippen LogP contribution in [0.15, 0.2) is 144 Å². The lowest BCUT2D eigenvalue weighted by atomic mass is 9.91. The van der Waals surface area contributed by atoms with Gasteiger partial charge in [0, 0.05) is 63.1 Å². The van der Waals surface area contributed by atoms with Crippen LogP contribution in [-0.2, 0) is 34.1 Å². The predicted molar refractivity (Wildman–Crippen MR) is 272 cm³/mol. The average Bonchev–Trinajstić information content (AvgIpc) is 3.94. The Labute approximate surface area is 408 Å². The van der Waals surface area contributed by atoms with Gasteiger partial charge >= 0.3 is 0 Å². The number of sulfonamides is 2. The molecule has 2 atom stereocenters. The Kier molecular flexibility index (Phi) is 14.2. The summed E-state index contributed by atoms with van der Waals surface area (Å²) in [5, 5.41) is 11.3. The van der Waals surface area contributed by atoms with Crippen molar-refractivity contribution in [2.24, 2.45) is 14.1 Å². The molecule has 0 amide bonds. The minimum absolute atomic E-state index is 0.160. The number of nitrogens with one attached hydrogen (secondary N) is 1. The van der Waals surface area contributed by atoms with Gasteiger partial charge in [-0.25, -0.2) is 36.8 Å². The van der Waals surface area contributed by atoms with Crippen LogP contribution in [0.3, 0.4) is 0 Å². The Hall–Kier alpha value is -7.15. The largest absolute Gasteiger partial charge is 0.396 e. The predicted octanol–water partition coefficient (Wildman–Crippen LogP) is 9.44. The van der Waals surface area contributed by atoms with Gasteiger partial charge in [-0.3, -0.25) is 18.0 Å². The summed E-state index contributed by atoms with van der Waals surface area (Å²) >= 11 is 5.93. The summed E-state index contributed by atoms with van der Waals surface area (Å²) < 4.78 is 60.2. The van der Waals surface area contributed by atoms with Crippen LogP contribution in [0.5, 0.6) is 0 Å². The van der Waals surface area contributed by atoms with Crippen LogP contribution in [-0.4, -0.2) is 69.4 Å². The molecular formula is C50H53ClN12O4S2. The zero-order valence-corrected chi connectivity index (χ0v) is 41.5. The number of aryl methyl sites for hydroxylation is 4. The van der Waals surface area contributed by atoms with Crippen LogP contribution in [0.2, 0.25) is 5.28 Å². The Morgan fingerprint density at radius 2 is 1.10 bits per heavy atom. The van der Waals surface area contributed by atoms with E-state index in [4.69, 9.17) is 17.3 Å². The van der Waals surface area contributed by atoms with Crippen molar-refractivity contribution >= 4 is 60.3 Å². The van der Waals surface area contributed by atoms with Gasteiger partial charge in [0.25, 0.3) is 20.0 Å². The highest BCUT2D eigenvalue weighted by molar-refractivity contribution is 7.93. The molecule has 0 bridgehead atoms. The number of aromatic nitrogens is 8. The van der Waals surface area contributed by atoms with Crippen molar-refractivity contribution in [1.29, 1.82) is 0 Å². The van der Waals surface area contributed by atoms with E-state index in [1.165, 1.54) is 8.61 Å². The third-order valence-corrected chi connectivity index (χ3v) is 15.8. The van der Waals surface area contributed by atoms with Crippen molar-refractivity contribution in [1.82, 2.24) is 39.5 Å². The first-order valence-electron chi connectivity index (χ1n) is 22.2. The van der Waals surface area contributed by atoms with Crippen molar-refractivity contribution in [2.45, 2.75) is 62.2 Å². The van der Waals surface area contributed by atoms with Crippen molar-refractivity contribution in [3.8, 4) is 22.5 Å². The Morgan fingerprint density at radius 1 is 0.623 bits per heavy atom. The molecule has 0 radical (unpaired) electrons. The maximum atomic E-state index is 13.6. The van der Waals surface area contributed by atoms with E-state index in [0.29, 0.717) is 57.3 Å². The van der Waals surface area contributed by atoms with E-state index < -0.39 is 20.0 Å². The van der Waals surface area contributed by atoms with Crippen LogP contribution in [0.4, 0.5) is 28.7 Å². The minimum Gasteiger partial charge on any atom is -0.396 e. The first-order valence-corrected chi connectivity index (χ1v) is 25.5. The van der Waals surface area contributed by atoms with Gasteiger partial charge in [0.2, 0.25) is 11.2 Å². The number of nitrogens with zero attached hydrogens (tertiary/aromatic N) is 10. The fourth-order valence-corrected chi connectivity index (χ4v) is 11.3. The van der Waals surface area contributed by atoms with Crippen molar-refractivity contribution in [3.63, 3.8) is 0 Å². The SMILES string of the molecule is Cc1ccc(S(=O)(=O)N2CCC(C)c3ccc(-c4ccnc(Cl)n4)cc32)cc1.Cc1ccc(S(=O)(=O)N2CCC(C)c3ccc(-c4ccnc(Nc5cnn(C)c5)n4)cc32)cc1.Cn1cc(N)cn1. The van der Waals surface area contributed by atoms with Gasteiger partial charge in [0.15, 0.2) is 0 Å². The van der Waals surface area contributed by atoms with E-state index in [9.17, 15) is 16.8 Å². The Morgan fingerprint density at radius 3 is 1.54 bits per heavy atom. The molecule has 2 unspecified atom stereocenters. The first-order chi connectivity index (χ1) is 33.0. The molecule has 0 fully saturated rings. The maximum Gasteiger partial charge on any atom is 0.264 e. The van der Waals surface area contributed by atoms with Crippen molar-refractivity contribution in [3.05, 3.63) is 162 Å². The average molecular weight is 986 g/mol. The normalized spacial score (nSPS) is 15.5. The van der Waals surface area contributed by atoms with Crippen molar-refractivity contribution < 1.29 is 16.8 Å². The fourth-order valence-electron chi connectivity index (χ4n) is 8.15. The molecule has 2 aliphatic rings. The monoisotopic (exact) mass is 984 g/mol. The molecule has 0 spiro atoms. The van der Waals surface area contributed by atoms with Crippen LogP contribution in [0, 0.1) is 13.8 Å². The molecule has 0 saturated carbocycles. The van der Waals surface area contributed by atoms with Gasteiger partial charge in [-0.15, -0.1) is 0 Å².